The first kappa shape index (κ1) is 19.2. The number of nitrogens with one attached hydrogen (secondary N) is 1. The van der Waals surface area contributed by atoms with Crippen LogP contribution in [0.4, 0.5) is 0 Å². The van der Waals surface area contributed by atoms with E-state index in [0.717, 1.165) is 22.9 Å². The van der Waals surface area contributed by atoms with E-state index < -0.39 is 0 Å². The second-order valence-electron chi connectivity index (χ2n) is 8.19. The van der Waals surface area contributed by atoms with Crippen molar-refractivity contribution in [3.8, 4) is 0 Å². The summed E-state index contributed by atoms with van der Waals surface area (Å²) in [4.78, 5) is 34.0. The van der Waals surface area contributed by atoms with Crippen molar-refractivity contribution in [2.24, 2.45) is 11.8 Å². The van der Waals surface area contributed by atoms with Crippen molar-refractivity contribution in [1.82, 2.24) is 19.1 Å². The number of hydrogen-bond acceptors (Lipinski definition) is 3. The number of imidazole rings is 1. The normalized spacial score (nSPS) is 14.7. The molecule has 0 amide bonds. The van der Waals surface area contributed by atoms with Crippen molar-refractivity contribution in [1.29, 1.82) is 0 Å². The van der Waals surface area contributed by atoms with Crippen LogP contribution in [0, 0.1) is 11.8 Å². The minimum absolute atomic E-state index is 0.236. The molecule has 3 aromatic rings. The summed E-state index contributed by atoms with van der Waals surface area (Å²) in [5.41, 5.74) is 1.52. The Bertz CT molecular complexity index is 1100. The van der Waals surface area contributed by atoms with Gasteiger partial charge in [-0.1, -0.05) is 48.3 Å². The van der Waals surface area contributed by atoms with E-state index in [9.17, 15) is 9.59 Å². The van der Waals surface area contributed by atoms with E-state index >= 15 is 0 Å². The molecule has 1 aromatic carbocycles. The fraction of sp³-hybridized carbons (Fsp3) is 0.476. The van der Waals surface area contributed by atoms with Gasteiger partial charge in [0.2, 0.25) is 0 Å². The Morgan fingerprint density at radius 2 is 1.89 bits per heavy atom. The van der Waals surface area contributed by atoms with Gasteiger partial charge in [-0.2, -0.15) is 0 Å². The monoisotopic (exact) mass is 444 g/mol. The minimum atomic E-state index is -0.249. The number of benzene rings is 1. The zero-order chi connectivity index (χ0) is 19.8. The predicted molar refractivity (Wildman–Crippen MR) is 114 cm³/mol. The van der Waals surface area contributed by atoms with E-state index in [1.54, 1.807) is 4.57 Å². The molecule has 28 heavy (non-hydrogen) atoms. The Hall–Kier alpha value is -2.15. The first-order valence-electron chi connectivity index (χ1n) is 9.89. The van der Waals surface area contributed by atoms with Gasteiger partial charge in [0.15, 0.2) is 5.65 Å². The van der Waals surface area contributed by atoms with Gasteiger partial charge >= 0.3 is 5.69 Å². The SMILES string of the molecule is CC(C)Cn1c(=O)n(CC2CCC2)c(=O)c2[nH]c(Cc3ccc(Br)cc3)nc21. The number of H-pyrrole nitrogens is 1. The van der Waals surface area contributed by atoms with Crippen LogP contribution in [-0.4, -0.2) is 19.1 Å². The second kappa shape index (κ2) is 7.70. The van der Waals surface area contributed by atoms with Crippen molar-refractivity contribution < 1.29 is 0 Å². The highest BCUT2D eigenvalue weighted by molar-refractivity contribution is 9.10. The number of nitrogens with zero attached hydrogens (tertiary/aromatic N) is 3. The molecule has 0 spiro atoms. The lowest BCUT2D eigenvalue weighted by Crippen LogP contribution is -2.43. The van der Waals surface area contributed by atoms with Crippen molar-refractivity contribution in [2.45, 2.75) is 52.6 Å². The highest BCUT2D eigenvalue weighted by Crippen LogP contribution is 2.27. The Kier molecular flexibility index (Phi) is 5.27. The standard InChI is InChI=1S/C21H25BrN4O2/c1-13(2)11-25-19-18(20(27)26(21(25)28)12-15-4-3-5-15)23-17(24-19)10-14-6-8-16(22)9-7-14/h6-9,13,15H,3-5,10-12H2,1-2H3,(H,23,24). The Balaban J connectivity index is 1.80. The van der Waals surface area contributed by atoms with Crippen LogP contribution in [0.15, 0.2) is 38.3 Å². The number of rotatable bonds is 6. The molecule has 148 valence electrons. The first-order valence-corrected chi connectivity index (χ1v) is 10.7. The van der Waals surface area contributed by atoms with Gasteiger partial charge in [-0.05, 0) is 42.4 Å². The third-order valence-corrected chi connectivity index (χ3v) is 5.94. The van der Waals surface area contributed by atoms with Crippen molar-refractivity contribution in [3.05, 3.63) is 61.0 Å². The van der Waals surface area contributed by atoms with Gasteiger partial charge in [0.05, 0.1) is 0 Å². The maximum absolute atomic E-state index is 13.1. The summed E-state index contributed by atoms with van der Waals surface area (Å²) in [5.74, 6) is 1.41. The highest BCUT2D eigenvalue weighted by Gasteiger charge is 2.23. The summed E-state index contributed by atoms with van der Waals surface area (Å²) in [6, 6.07) is 8.01. The third-order valence-electron chi connectivity index (χ3n) is 5.41. The largest absolute Gasteiger partial charge is 0.336 e. The predicted octanol–water partition coefficient (Wildman–Crippen LogP) is 3.70. The minimum Gasteiger partial charge on any atom is -0.336 e. The van der Waals surface area contributed by atoms with Crippen LogP contribution in [0.5, 0.6) is 0 Å². The second-order valence-corrected chi connectivity index (χ2v) is 9.10. The van der Waals surface area contributed by atoms with E-state index in [1.807, 2.05) is 24.3 Å². The lowest BCUT2D eigenvalue weighted by atomic mass is 9.85. The topological polar surface area (TPSA) is 72.7 Å². The molecular weight excluding hydrogens is 420 g/mol. The van der Waals surface area contributed by atoms with Crippen LogP contribution in [0.2, 0.25) is 0 Å². The summed E-state index contributed by atoms with van der Waals surface area (Å²) in [6.45, 7) is 5.18. The maximum atomic E-state index is 13.1. The molecule has 6 nitrogen and oxygen atoms in total. The van der Waals surface area contributed by atoms with Crippen LogP contribution in [0.1, 0.15) is 44.5 Å². The highest BCUT2D eigenvalue weighted by atomic mass is 79.9. The van der Waals surface area contributed by atoms with Crippen LogP contribution >= 0.6 is 15.9 Å². The van der Waals surface area contributed by atoms with Crippen LogP contribution in [-0.2, 0) is 19.5 Å². The molecule has 1 fully saturated rings. The number of hydrogen-bond donors (Lipinski definition) is 1. The van der Waals surface area contributed by atoms with Gasteiger partial charge in [0.25, 0.3) is 5.56 Å². The van der Waals surface area contributed by atoms with Gasteiger partial charge in [0.1, 0.15) is 11.3 Å². The van der Waals surface area contributed by atoms with Crippen LogP contribution in [0.3, 0.4) is 0 Å². The molecule has 0 atom stereocenters. The van der Waals surface area contributed by atoms with E-state index in [1.165, 1.54) is 11.0 Å². The van der Waals surface area contributed by atoms with E-state index in [4.69, 9.17) is 0 Å². The number of halogens is 1. The summed E-state index contributed by atoms with van der Waals surface area (Å²) in [6.07, 6.45) is 3.95. The van der Waals surface area contributed by atoms with Gasteiger partial charge < -0.3 is 4.98 Å². The Labute approximate surface area is 171 Å². The lowest BCUT2D eigenvalue weighted by Gasteiger charge is -2.25. The fourth-order valence-corrected chi connectivity index (χ4v) is 3.98. The quantitative estimate of drug-likeness (QED) is 0.629. The number of fused-ring (bicyclic) bond motifs is 1. The van der Waals surface area contributed by atoms with E-state index in [2.05, 4.69) is 39.7 Å². The van der Waals surface area contributed by atoms with Crippen molar-refractivity contribution in [2.75, 3.05) is 0 Å². The smallest absolute Gasteiger partial charge is 0.332 e. The molecule has 1 aliphatic rings. The van der Waals surface area contributed by atoms with Crippen LogP contribution < -0.4 is 11.2 Å². The zero-order valence-corrected chi connectivity index (χ0v) is 17.8. The van der Waals surface area contributed by atoms with E-state index in [0.29, 0.717) is 42.4 Å². The Morgan fingerprint density at radius 3 is 2.50 bits per heavy atom. The Morgan fingerprint density at radius 1 is 1.18 bits per heavy atom. The molecule has 0 radical (unpaired) electrons. The molecule has 2 heterocycles. The summed E-state index contributed by atoms with van der Waals surface area (Å²) in [5, 5.41) is 0. The van der Waals surface area contributed by atoms with Crippen molar-refractivity contribution >= 4 is 27.1 Å². The maximum Gasteiger partial charge on any atom is 0.332 e. The van der Waals surface area contributed by atoms with Gasteiger partial charge in [0, 0.05) is 24.0 Å². The van der Waals surface area contributed by atoms with Crippen molar-refractivity contribution in [3.63, 3.8) is 0 Å². The number of aromatic amines is 1. The molecule has 0 bridgehead atoms. The fourth-order valence-electron chi connectivity index (χ4n) is 3.72. The van der Waals surface area contributed by atoms with Gasteiger partial charge in [-0.15, -0.1) is 0 Å². The molecule has 0 aliphatic heterocycles. The molecule has 0 unspecified atom stereocenters. The lowest BCUT2D eigenvalue weighted by molar-refractivity contribution is 0.267. The molecular formula is C21H25BrN4O2. The van der Waals surface area contributed by atoms with Gasteiger partial charge in [-0.3, -0.25) is 13.9 Å². The zero-order valence-electron chi connectivity index (χ0n) is 16.2. The first-order chi connectivity index (χ1) is 13.4. The molecule has 0 saturated heterocycles. The van der Waals surface area contributed by atoms with E-state index in [-0.39, 0.29) is 17.2 Å². The summed E-state index contributed by atoms with van der Waals surface area (Å²) < 4.78 is 4.10. The molecule has 7 heteroatoms. The van der Waals surface area contributed by atoms with Gasteiger partial charge in [-0.25, -0.2) is 9.78 Å². The number of aromatic nitrogens is 4. The summed E-state index contributed by atoms with van der Waals surface area (Å²) >= 11 is 3.44. The average Bonchev–Trinajstić information content (AvgIpc) is 3.03. The molecule has 1 saturated carbocycles. The molecule has 1 N–H and O–H groups in total. The third kappa shape index (κ3) is 3.72. The molecule has 4 rings (SSSR count). The van der Waals surface area contributed by atoms with Crippen LogP contribution in [0.25, 0.3) is 11.2 Å². The molecule has 1 aliphatic carbocycles. The molecule has 2 aromatic heterocycles. The average molecular weight is 445 g/mol. The summed E-state index contributed by atoms with van der Waals surface area (Å²) in [7, 11) is 0.